The standard InChI is InChI=1S/C19H24N2O2/c1-19(2,15-20-13-16-9-5-3-6-10-16)21-18(22)23-14-17-11-7-4-8-12-17/h3-12,20H,13-15H2,1-2H3,(H,21,22). The number of carbonyl (C=O) groups is 1. The van der Waals surface area contributed by atoms with Crippen molar-refractivity contribution in [3.8, 4) is 0 Å². The van der Waals surface area contributed by atoms with Gasteiger partial charge in [-0.2, -0.15) is 0 Å². The maximum atomic E-state index is 11.9. The van der Waals surface area contributed by atoms with Gasteiger partial charge in [0.1, 0.15) is 6.61 Å². The van der Waals surface area contributed by atoms with Crippen LogP contribution in [0.5, 0.6) is 0 Å². The van der Waals surface area contributed by atoms with Crippen LogP contribution in [0.15, 0.2) is 60.7 Å². The van der Waals surface area contributed by atoms with Gasteiger partial charge in [-0.1, -0.05) is 60.7 Å². The number of benzene rings is 2. The van der Waals surface area contributed by atoms with Crippen LogP contribution in [0.3, 0.4) is 0 Å². The number of alkyl carbamates (subject to hydrolysis) is 1. The summed E-state index contributed by atoms with van der Waals surface area (Å²) < 4.78 is 5.25. The third-order valence-corrected chi connectivity index (χ3v) is 3.39. The van der Waals surface area contributed by atoms with Crippen molar-refractivity contribution in [1.29, 1.82) is 0 Å². The van der Waals surface area contributed by atoms with Crippen LogP contribution in [-0.4, -0.2) is 18.2 Å². The average molecular weight is 312 g/mol. The lowest BCUT2D eigenvalue weighted by Gasteiger charge is -2.26. The quantitative estimate of drug-likeness (QED) is 0.823. The van der Waals surface area contributed by atoms with E-state index < -0.39 is 6.09 Å². The number of hydrogen-bond donors (Lipinski definition) is 2. The number of carbonyl (C=O) groups excluding carboxylic acids is 1. The van der Waals surface area contributed by atoms with E-state index in [4.69, 9.17) is 4.74 Å². The minimum atomic E-state index is -0.402. The zero-order chi connectivity index (χ0) is 16.5. The van der Waals surface area contributed by atoms with Gasteiger partial charge < -0.3 is 15.4 Å². The van der Waals surface area contributed by atoms with Gasteiger partial charge in [-0.15, -0.1) is 0 Å². The van der Waals surface area contributed by atoms with Crippen molar-refractivity contribution in [1.82, 2.24) is 10.6 Å². The molecule has 2 N–H and O–H groups in total. The van der Waals surface area contributed by atoms with Gasteiger partial charge >= 0.3 is 6.09 Å². The SMILES string of the molecule is CC(C)(CNCc1ccccc1)NC(=O)OCc1ccccc1. The highest BCUT2D eigenvalue weighted by atomic mass is 16.5. The van der Waals surface area contributed by atoms with Gasteiger partial charge in [-0.3, -0.25) is 0 Å². The summed E-state index contributed by atoms with van der Waals surface area (Å²) in [6, 6.07) is 19.8. The lowest BCUT2D eigenvalue weighted by molar-refractivity contribution is 0.129. The minimum Gasteiger partial charge on any atom is -0.445 e. The fourth-order valence-electron chi connectivity index (χ4n) is 2.19. The van der Waals surface area contributed by atoms with Gasteiger partial charge in [0.05, 0.1) is 5.54 Å². The van der Waals surface area contributed by atoms with Gasteiger partial charge in [0.2, 0.25) is 0 Å². The second kappa shape index (κ2) is 8.34. The molecular weight excluding hydrogens is 288 g/mol. The Morgan fingerprint density at radius 1 is 0.957 bits per heavy atom. The largest absolute Gasteiger partial charge is 0.445 e. The average Bonchev–Trinajstić information content (AvgIpc) is 2.54. The maximum absolute atomic E-state index is 11.9. The Kier molecular flexibility index (Phi) is 6.18. The van der Waals surface area contributed by atoms with E-state index in [0.29, 0.717) is 6.54 Å². The summed E-state index contributed by atoms with van der Waals surface area (Å²) in [6.07, 6.45) is -0.402. The third kappa shape index (κ3) is 6.53. The molecule has 122 valence electrons. The van der Waals surface area contributed by atoms with Crippen molar-refractivity contribution in [2.24, 2.45) is 0 Å². The van der Waals surface area contributed by atoms with Crippen LogP contribution < -0.4 is 10.6 Å². The maximum Gasteiger partial charge on any atom is 0.407 e. The summed E-state index contributed by atoms with van der Waals surface area (Å²) in [5.41, 5.74) is 1.81. The molecule has 0 radical (unpaired) electrons. The molecule has 0 saturated carbocycles. The molecule has 23 heavy (non-hydrogen) atoms. The van der Waals surface area contributed by atoms with Crippen molar-refractivity contribution in [2.45, 2.75) is 32.5 Å². The molecule has 0 spiro atoms. The first-order chi connectivity index (χ1) is 11.1. The van der Waals surface area contributed by atoms with Gasteiger partial charge in [-0.05, 0) is 25.0 Å². The molecule has 1 amide bonds. The molecule has 4 heteroatoms. The van der Waals surface area contributed by atoms with Crippen molar-refractivity contribution < 1.29 is 9.53 Å². The summed E-state index contributed by atoms with van der Waals surface area (Å²) in [6.45, 7) is 5.64. The van der Waals surface area contributed by atoms with Crippen LogP contribution in [0.4, 0.5) is 4.79 Å². The Morgan fingerprint density at radius 2 is 1.52 bits per heavy atom. The number of amides is 1. The van der Waals surface area contributed by atoms with E-state index in [1.807, 2.05) is 62.4 Å². The molecule has 0 aliphatic rings. The molecule has 0 bridgehead atoms. The predicted octanol–water partition coefficient (Wildman–Crippen LogP) is 3.48. The predicted molar refractivity (Wildman–Crippen MR) is 92.0 cm³/mol. The fourth-order valence-corrected chi connectivity index (χ4v) is 2.19. The summed E-state index contributed by atoms with van der Waals surface area (Å²) in [7, 11) is 0. The lowest BCUT2D eigenvalue weighted by Crippen LogP contribution is -2.50. The molecule has 2 aromatic carbocycles. The topological polar surface area (TPSA) is 50.4 Å². The lowest BCUT2D eigenvalue weighted by atomic mass is 10.1. The molecule has 0 atom stereocenters. The molecule has 2 rings (SSSR count). The van der Waals surface area contributed by atoms with Crippen LogP contribution in [0, 0.1) is 0 Å². The van der Waals surface area contributed by atoms with Gasteiger partial charge in [0.15, 0.2) is 0 Å². The Balaban J connectivity index is 1.70. The smallest absolute Gasteiger partial charge is 0.407 e. The third-order valence-electron chi connectivity index (χ3n) is 3.39. The van der Waals surface area contributed by atoms with E-state index >= 15 is 0 Å². The van der Waals surface area contributed by atoms with E-state index in [2.05, 4.69) is 22.8 Å². The minimum absolute atomic E-state index is 0.278. The highest BCUT2D eigenvalue weighted by Gasteiger charge is 2.20. The summed E-state index contributed by atoms with van der Waals surface area (Å²) >= 11 is 0. The van der Waals surface area contributed by atoms with E-state index in [1.165, 1.54) is 5.56 Å². The monoisotopic (exact) mass is 312 g/mol. The number of hydrogen-bond acceptors (Lipinski definition) is 3. The van der Waals surface area contributed by atoms with E-state index in [1.54, 1.807) is 0 Å². The molecule has 0 aliphatic carbocycles. The Morgan fingerprint density at radius 3 is 2.13 bits per heavy atom. The van der Waals surface area contributed by atoms with Crippen LogP contribution in [0.25, 0.3) is 0 Å². The molecule has 0 fully saturated rings. The zero-order valence-electron chi connectivity index (χ0n) is 13.7. The molecular formula is C19H24N2O2. The molecule has 0 aliphatic heterocycles. The Labute approximate surface area is 137 Å². The first kappa shape index (κ1) is 17.0. The first-order valence-electron chi connectivity index (χ1n) is 7.79. The van der Waals surface area contributed by atoms with E-state index in [-0.39, 0.29) is 12.1 Å². The second-order valence-corrected chi connectivity index (χ2v) is 6.16. The highest BCUT2D eigenvalue weighted by Crippen LogP contribution is 2.05. The van der Waals surface area contributed by atoms with Crippen molar-refractivity contribution in [3.63, 3.8) is 0 Å². The van der Waals surface area contributed by atoms with Crippen molar-refractivity contribution in [2.75, 3.05) is 6.54 Å². The highest BCUT2D eigenvalue weighted by molar-refractivity contribution is 5.68. The second-order valence-electron chi connectivity index (χ2n) is 6.16. The normalized spacial score (nSPS) is 11.0. The Hall–Kier alpha value is -2.33. The molecule has 0 aromatic heterocycles. The first-order valence-corrected chi connectivity index (χ1v) is 7.79. The molecule has 2 aromatic rings. The van der Waals surface area contributed by atoms with Crippen molar-refractivity contribution in [3.05, 3.63) is 71.8 Å². The molecule has 0 unspecified atom stereocenters. The van der Waals surface area contributed by atoms with Gasteiger partial charge in [0.25, 0.3) is 0 Å². The van der Waals surface area contributed by atoms with Gasteiger partial charge in [-0.25, -0.2) is 4.79 Å². The molecule has 0 saturated heterocycles. The summed E-state index contributed by atoms with van der Waals surface area (Å²) in [5.74, 6) is 0. The zero-order valence-corrected chi connectivity index (χ0v) is 13.7. The summed E-state index contributed by atoms with van der Waals surface area (Å²) in [5, 5.41) is 6.24. The number of ether oxygens (including phenoxy) is 1. The van der Waals surface area contributed by atoms with Crippen molar-refractivity contribution >= 4 is 6.09 Å². The van der Waals surface area contributed by atoms with E-state index in [0.717, 1.165) is 12.1 Å². The number of nitrogens with one attached hydrogen (secondary N) is 2. The number of rotatable bonds is 7. The van der Waals surface area contributed by atoms with Crippen LogP contribution >= 0.6 is 0 Å². The summed E-state index contributed by atoms with van der Waals surface area (Å²) in [4.78, 5) is 11.9. The van der Waals surface area contributed by atoms with Gasteiger partial charge in [0, 0.05) is 13.1 Å². The van der Waals surface area contributed by atoms with Crippen LogP contribution in [-0.2, 0) is 17.9 Å². The Bertz CT molecular complexity index is 597. The molecule has 0 heterocycles. The van der Waals surface area contributed by atoms with E-state index in [9.17, 15) is 4.79 Å². The molecule has 4 nitrogen and oxygen atoms in total. The van der Waals surface area contributed by atoms with Crippen LogP contribution in [0.1, 0.15) is 25.0 Å². The fraction of sp³-hybridized carbons (Fsp3) is 0.316. The van der Waals surface area contributed by atoms with Crippen LogP contribution in [0.2, 0.25) is 0 Å².